The van der Waals surface area contributed by atoms with E-state index in [2.05, 4.69) is 30.3 Å². The summed E-state index contributed by atoms with van der Waals surface area (Å²) in [5.74, 6) is -0.121. The van der Waals surface area contributed by atoms with Crippen LogP contribution in [0.15, 0.2) is 54.6 Å². The van der Waals surface area contributed by atoms with E-state index >= 15 is 0 Å². The highest BCUT2D eigenvalue weighted by molar-refractivity contribution is 5.80. The lowest BCUT2D eigenvalue weighted by Crippen LogP contribution is -2.43. The van der Waals surface area contributed by atoms with Gasteiger partial charge in [0.1, 0.15) is 0 Å². The molecule has 3 atom stereocenters. The second kappa shape index (κ2) is 6.40. The number of carbonyl (C=O) groups is 1. The summed E-state index contributed by atoms with van der Waals surface area (Å²) >= 11 is 0. The average Bonchev–Trinajstić information content (AvgIpc) is 3.06. The second-order valence-electron chi connectivity index (χ2n) is 6.97. The van der Waals surface area contributed by atoms with Crippen LogP contribution in [0.3, 0.4) is 0 Å². The van der Waals surface area contributed by atoms with Gasteiger partial charge in [-0.25, -0.2) is 0 Å². The van der Waals surface area contributed by atoms with Gasteiger partial charge in [0.25, 0.3) is 0 Å². The first-order valence-corrected chi connectivity index (χ1v) is 8.84. The van der Waals surface area contributed by atoms with Crippen LogP contribution in [-0.4, -0.2) is 22.0 Å². The van der Waals surface area contributed by atoms with Gasteiger partial charge >= 0.3 is 0 Å². The molecule has 1 saturated carbocycles. The van der Waals surface area contributed by atoms with Gasteiger partial charge in [0.05, 0.1) is 18.1 Å². The molecule has 1 heterocycles. The van der Waals surface area contributed by atoms with Crippen LogP contribution >= 0.6 is 0 Å². The number of rotatable bonds is 2. The molecular weight excluding hydrogens is 298 g/mol. The Kier molecular flexibility index (Phi) is 4.11. The van der Waals surface area contributed by atoms with Crippen LogP contribution in [0.25, 0.3) is 0 Å². The van der Waals surface area contributed by atoms with Gasteiger partial charge in [0, 0.05) is 6.54 Å². The van der Waals surface area contributed by atoms with Crippen molar-refractivity contribution in [3.05, 3.63) is 71.3 Å². The molecule has 1 fully saturated rings. The van der Waals surface area contributed by atoms with Gasteiger partial charge < -0.3 is 10.0 Å². The smallest absolute Gasteiger partial charge is 0.229 e. The molecule has 4 rings (SSSR count). The highest BCUT2D eigenvalue weighted by Gasteiger charge is 2.39. The Morgan fingerprint density at radius 1 is 0.958 bits per heavy atom. The summed E-state index contributed by atoms with van der Waals surface area (Å²) in [4.78, 5) is 15.2. The highest BCUT2D eigenvalue weighted by Crippen LogP contribution is 2.37. The summed E-state index contributed by atoms with van der Waals surface area (Å²) in [7, 11) is 0. The number of amides is 1. The van der Waals surface area contributed by atoms with Crippen molar-refractivity contribution in [3.63, 3.8) is 0 Å². The molecule has 1 aliphatic carbocycles. The molecule has 1 amide bonds. The van der Waals surface area contributed by atoms with Crippen molar-refractivity contribution in [2.75, 3.05) is 0 Å². The summed E-state index contributed by atoms with van der Waals surface area (Å²) in [6.07, 6.45) is 2.86. The van der Waals surface area contributed by atoms with E-state index in [0.29, 0.717) is 6.54 Å². The Balaban J connectivity index is 1.70. The monoisotopic (exact) mass is 321 g/mol. The van der Waals surface area contributed by atoms with Crippen molar-refractivity contribution in [2.45, 2.75) is 44.4 Å². The Hall–Kier alpha value is -2.13. The minimum Gasteiger partial charge on any atom is -0.392 e. The topological polar surface area (TPSA) is 40.5 Å². The standard InChI is InChI=1S/C21H23NO2/c23-20-12-6-11-18(20)21(24)22-14-17-10-5-4-9-16(17)13-19(22)15-7-2-1-3-8-15/h1-5,7-10,18-20,23H,6,11-14H2. The summed E-state index contributed by atoms with van der Waals surface area (Å²) in [5.41, 5.74) is 3.72. The van der Waals surface area contributed by atoms with E-state index < -0.39 is 6.10 Å². The quantitative estimate of drug-likeness (QED) is 0.920. The zero-order valence-electron chi connectivity index (χ0n) is 13.8. The molecular formula is C21H23NO2. The van der Waals surface area contributed by atoms with Crippen molar-refractivity contribution in [1.29, 1.82) is 0 Å². The van der Waals surface area contributed by atoms with Gasteiger partial charge in [-0.05, 0) is 42.4 Å². The Morgan fingerprint density at radius 2 is 1.67 bits per heavy atom. The molecule has 2 aliphatic rings. The third kappa shape index (κ3) is 2.73. The first-order chi connectivity index (χ1) is 11.7. The van der Waals surface area contributed by atoms with Crippen LogP contribution in [0.5, 0.6) is 0 Å². The van der Waals surface area contributed by atoms with E-state index in [1.54, 1.807) is 0 Å². The van der Waals surface area contributed by atoms with Gasteiger partial charge in [-0.1, -0.05) is 54.6 Å². The zero-order chi connectivity index (χ0) is 16.5. The maximum Gasteiger partial charge on any atom is 0.229 e. The number of hydrogen-bond acceptors (Lipinski definition) is 2. The highest BCUT2D eigenvalue weighted by atomic mass is 16.3. The lowest BCUT2D eigenvalue weighted by molar-refractivity contribution is -0.142. The van der Waals surface area contributed by atoms with E-state index in [-0.39, 0.29) is 17.9 Å². The molecule has 3 unspecified atom stereocenters. The SMILES string of the molecule is O=C(C1CCCC1O)N1Cc2ccccc2CC1c1ccccc1. The van der Waals surface area contributed by atoms with Gasteiger partial charge in [0.2, 0.25) is 5.91 Å². The Labute approximate surface area is 142 Å². The number of aliphatic hydroxyl groups excluding tert-OH is 1. The third-order valence-corrected chi connectivity index (χ3v) is 5.51. The number of nitrogens with zero attached hydrogens (tertiary/aromatic N) is 1. The Morgan fingerprint density at radius 3 is 2.38 bits per heavy atom. The fourth-order valence-electron chi connectivity index (χ4n) is 4.17. The van der Waals surface area contributed by atoms with Crippen molar-refractivity contribution in [2.24, 2.45) is 5.92 Å². The second-order valence-corrected chi connectivity index (χ2v) is 6.97. The van der Waals surface area contributed by atoms with E-state index in [1.165, 1.54) is 16.7 Å². The summed E-state index contributed by atoms with van der Waals surface area (Å²) in [5, 5.41) is 10.2. The molecule has 0 spiro atoms. The van der Waals surface area contributed by atoms with E-state index in [9.17, 15) is 9.90 Å². The van der Waals surface area contributed by atoms with E-state index in [4.69, 9.17) is 0 Å². The maximum absolute atomic E-state index is 13.2. The first-order valence-electron chi connectivity index (χ1n) is 8.84. The largest absolute Gasteiger partial charge is 0.392 e. The van der Waals surface area contributed by atoms with E-state index in [0.717, 1.165) is 25.7 Å². The van der Waals surface area contributed by atoms with Gasteiger partial charge in [-0.2, -0.15) is 0 Å². The molecule has 1 N–H and O–H groups in total. The number of aliphatic hydroxyl groups is 1. The van der Waals surface area contributed by atoms with Crippen LogP contribution in [0, 0.1) is 5.92 Å². The molecule has 2 aromatic rings. The summed E-state index contributed by atoms with van der Waals surface area (Å²) in [6, 6.07) is 18.7. The molecule has 3 nitrogen and oxygen atoms in total. The lowest BCUT2D eigenvalue weighted by atomic mass is 9.88. The number of hydrogen-bond donors (Lipinski definition) is 1. The number of carbonyl (C=O) groups excluding carboxylic acids is 1. The lowest BCUT2D eigenvalue weighted by Gasteiger charge is -2.39. The van der Waals surface area contributed by atoms with E-state index in [1.807, 2.05) is 29.2 Å². The normalized spacial score (nSPS) is 26.2. The molecule has 0 radical (unpaired) electrons. The average molecular weight is 321 g/mol. The summed E-state index contributed by atoms with van der Waals surface area (Å²) < 4.78 is 0. The molecule has 0 aromatic heterocycles. The predicted octanol–water partition coefficient (Wildman–Crippen LogP) is 3.47. The summed E-state index contributed by atoms with van der Waals surface area (Å²) in [6.45, 7) is 0.637. The van der Waals surface area contributed by atoms with Crippen LogP contribution < -0.4 is 0 Å². The van der Waals surface area contributed by atoms with Crippen LogP contribution in [-0.2, 0) is 17.8 Å². The van der Waals surface area contributed by atoms with Gasteiger partial charge in [0.15, 0.2) is 0 Å². The van der Waals surface area contributed by atoms with Crippen LogP contribution in [0.4, 0.5) is 0 Å². The molecule has 3 heteroatoms. The minimum absolute atomic E-state index is 0.0569. The molecule has 1 aliphatic heterocycles. The fraction of sp³-hybridized carbons (Fsp3) is 0.381. The molecule has 24 heavy (non-hydrogen) atoms. The molecule has 2 aromatic carbocycles. The van der Waals surface area contributed by atoms with Crippen molar-refractivity contribution in [1.82, 2.24) is 4.90 Å². The zero-order valence-corrected chi connectivity index (χ0v) is 13.8. The first kappa shape index (κ1) is 15.4. The predicted molar refractivity (Wildman–Crippen MR) is 93.2 cm³/mol. The molecule has 0 saturated heterocycles. The molecule has 124 valence electrons. The van der Waals surface area contributed by atoms with Crippen molar-refractivity contribution >= 4 is 5.91 Å². The van der Waals surface area contributed by atoms with Gasteiger partial charge in [-0.15, -0.1) is 0 Å². The third-order valence-electron chi connectivity index (χ3n) is 5.51. The number of fused-ring (bicyclic) bond motifs is 1. The maximum atomic E-state index is 13.2. The minimum atomic E-state index is -0.480. The number of benzene rings is 2. The van der Waals surface area contributed by atoms with Crippen molar-refractivity contribution in [3.8, 4) is 0 Å². The molecule has 0 bridgehead atoms. The Bertz CT molecular complexity index is 728. The fourth-order valence-corrected chi connectivity index (χ4v) is 4.17. The van der Waals surface area contributed by atoms with Crippen molar-refractivity contribution < 1.29 is 9.90 Å². The van der Waals surface area contributed by atoms with Crippen LogP contribution in [0.2, 0.25) is 0 Å². The van der Waals surface area contributed by atoms with Crippen LogP contribution in [0.1, 0.15) is 42.0 Å². The van der Waals surface area contributed by atoms with Gasteiger partial charge in [-0.3, -0.25) is 4.79 Å².